The number of carbonyl (C=O) groups is 3. The summed E-state index contributed by atoms with van der Waals surface area (Å²) in [4.78, 5) is 38.4. The van der Waals surface area contributed by atoms with E-state index in [1.54, 1.807) is 30.3 Å². The van der Waals surface area contributed by atoms with Crippen LogP contribution in [0.4, 0.5) is 23.2 Å². The second kappa shape index (κ2) is 15.6. The summed E-state index contributed by atoms with van der Waals surface area (Å²) in [5.74, 6) is -4.77. The third-order valence-electron chi connectivity index (χ3n) is 5.28. The van der Waals surface area contributed by atoms with Gasteiger partial charge in [0.05, 0.1) is 19.3 Å². The molecule has 0 saturated carbocycles. The third kappa shape index (κ3) is 10.2. The minimum absolute atomic E-state index is 0.0655. The Hall–Kier alpha value is -5.41. The molecule has 0 aliphatic rings. The normalized spacial score (nSPS) is 11.2. The lowest BCUT2D eigenvalue weighted by atomic mass is 10.0. The number of ether oxygens (including phenoxy) is 2. The fraction of sp³-hybridized carbons (Fsp3) is 0.222. The molecule has 7 N–H and O–H groups in total. The number of rotatable bonds is 10. The Labute approximate surface area is 242 Å². The second-order valence-electron chi connectivity index (χ2n) is 8.43. The van der Waals surface area contributed by atoms with Gasteiger partial charge < -0.3 is 25.6 Å². The Kier molecular flexibility index (Phi) is 12.2. The summed E-state index contributed by atoms with van der Waals surface area (Å²) < 4.78 is 58.1. The first-order valence-electron chi connectivity index (χ1n) is 12.3. The summed E-state index contributed by atoms with van der Waals surface area (Å²) in [6.45, 7) is 2.15. The zero-order valence-electron chi connectivity index (χ0n) is 22.8. The molecule has 0 radical (unpaired) electrons. The largest absolute Gasteiger partial charge is 0.497 e. The standard InChI is InChI=1S/C25H27FN6O4.C2HF3O2/c1-3-11-36-20-13-18(35-2)12-19(21(20)26)22(30-17-8-6-15(7-9-17)23(27)28)25(34)32-31-24(33)16-5-4-10-29-14-16;3-2(4,5)1(6)7/h4-10,12-14,22,30H,3,11H2,1-2H3,(H3,27,28)(H,31,33)(H,32,34);(H,6,7). The summed E-state index contributed by atoms with van der Waals surface area (Å²) >= 11 is 0. The maximum absolute atomic E-state index is 15.5. The van der Waals surface area contributed by atoms with Crippen LogP contribution in [0.3, 0.4) is 0 Å². The van der Waals surface area contributed by atoms with Crippen LogP contribution in [-0.4, -0.2) is 53.6 Å². The number of nitrogens with one attached hydrogen (secondary N) is 4. The van der Waals surface area contributed by atoms with Crippen molar-refractivity contribution in [3.05, 3.63) is 83.4 Å². The SMILES string of the molecule is CCCOc1cc(OC)cc(C(Nc2ccc(C(=N)N)cc2)C(=O)NNC(=O)c2cccnc2)c1F.O=C(O)C(F)(F)F. The van der Waals surface area contributed by atoms with Gasteiger partial charge in [-0.25, -0.2) is 9.18 Å². The number of methoxy groups -OCH3 is 1. The molecule has 1 atom stereocenters. The molecule has 43 heavy (non-hydrogen) atoms. The van der Waals surface area contributed by atoms with Crippen LogP contribution in [0.25, 0.3) is 0 Å². The van der Waals surface area contributed by atoms with Crippen molar-refractivity contribution in [3.63, 3.8) is 0 Å². The molecular formula is C27H28F4N6O6. The van der Waals surface area contributed by atoms with Crippen molar-refractivity contribution in [1.29, 1.82) is 5.41 Å². The van der Waals surface area contributed by atoms with E-state index in [9.17, 15) is 22.8 Å². The molecule has 2 aromatic carbocycles. The molecule has 230 valence electrons. The molecule has 3 aromatic rings. The van der Waals surface area contributed by atoms with Gasteiger partial charge in [0.15, 0.2) is 11.6 Å². The molecule has 12 nitrogen and oxygen atoms in total. The average Bonchev–Trinajstić information content (AvgIpc) is 2.98. The highest BCUT2D eigenvalue weighted by Gasteiger charge is 2.38. The number of hydrogen-bond acceptors (Lipinski definition) is 8. The molecule has 1 unspecified atom stereocenters. The van der Waals surface area contributed by atoms with Crippen molar-refractivity contribution >= 4 is 29.3 Å². The molecule has 1 aromatic heterocycles. The Morgan fingerprint density at radius 1 is 1.09 bits per heavy atom. The zero-order chi connectivity index (χ0) is 32.2. The number of nitrogens with zero attached hydrogens (tertiary/aromatic N) is 1. The maximum atomic E-state index is 15.5. The van der Waals surface area contributed by atoms with E-state index in [4.69, 9.17) is 30.5 Å². The van der Waals surface area contributed by atoms with Crippen molar-refractivity contribution in [2.45, 2.75) is 25.6 Å². The molecule has 0 aliphatic heterocycles. The van der Waals surface area contributed by atoms with E-state index in [0.717, 1.165) is 0 Å². The molecule has 1 heterocycles. The van der Waals surface area contributed by atoms with Gasteiger partial charge in [0, 0.05) is 35.3 Å². The van der Waals surface area contributed by atoms with Crippen LogP contribution in [-0.2, 0) is 9.59 Å². The average molecular weight is 609 g/mol. The van der Waals surface area contributed by atoms with Crippen LogP contribution in [0.1, 0.15) is 40.9 Å². The number of carboxylic acids is 1. The Morgan fingerprint density at radius 2 is 1.74 bits per heavy atom. The summed E-state index contributed by atoms with van der Waals surface area (Å²) in [5, 5.41) is 17.6. The molecule has 0 aliphatic carbocycles. The lowest BCUT2D eigenvalue weighted by Gasteiger charge is -2.22. The second-order valence-corrected chi connectivity index (χ2v) is 8.43. The van der Waals surface area contributed by atoms with E-state index in [-0.39, 0.29) is 35.1 Å². The lowest BCUT2D eigenvalue weighted by Crippen LogP contribution is -2.45. The van der Waals surface area contributed by atoms with E-state index >= 15 is 4.39 Å². The Balaban J connectivity index is 0.000000821. The summed E-state index contributed by atoms with van der Waals surface area (Å²) in [5.41, 5.74) is 11.2. The van der Waals surface area contributed by atoms with Crippen molar-refractivity contribution in [3.8, 4) is 11.5 Å². The lowest BCUT2D eigenvalue weighted by molar-refractivity contribution is -0.192. The molecule has 0 spiro atoms. The number of aromatic nitrogens is 1. The topological polar surface area (TPSA) is 189 Å². The van der Waals surface area contributed by atoms with Gasteiger partial charge in [-0.3, -0.25) is 30.8 Å². The van der Waals surface area contributed by atoms with Crippen molar-refractivity contribution < 1.29 is 46.5 Å². The van der Waals surface area contributed by atoms with Crippen LogP contribution >= 0.6 is 0 Å². The summed E-state index contributed by atoms with van der Waals surface area (Å²) in [7, 11) is 1.41. The molecule has 0 bridgehead atoms. The van der Waals surface area contributed by atoms with E-state index in [0.29, 0.717) is 17.7 Å². The fourth-order valence-corrected chi connectivity index (χ4v) is 3.20. The fourth-order valence-electron chi connectivity index (χ4n) is 3.20. The number of carboxylic acid groups (broad SMARTS) is 1. The van der Waals surface area contributed by atoms with Gasteiger partial charge in [-0.15, -0.1) is 0 Å². The van der Waals surface area contributed by atoms with Gasteiger partial charge in [0.1, 0.15) is 17.6 Å². The molecule has 3 rings (SSSR count). The molecular weight excluding hydrogens is 580 g/mol. The minimum Gasteiger partial charge on any atom is -0.497 e. The summed E-state index contributed by atoms with van der Waals surface area (Å²) in [6, 6.07) is 10.9. The highest BCUT2D eigenvalue weighted by atomic mass is 19.4. The number of carbonyl (C=O) groups excluding carboxylic acids is 2. The minimum atomic E-state index is -5.08. The predicted octanol–water partition coefficient (Wildman–Crippen LogP) is 3.55. The van der Waals surface area contributed by atoms with Crippen LogP contribution in [0.5, 0.6) is 11.5 Å². The smallest absolute Gasteiger partial charge is 0.490 e. The van der Waals surface area contributed by atoms with Crippen molar-refractivity contribution in [2.75, 3.05) is 19.0 Å². The number of amidine groups is 1. The number of amides is 2. The number of alkyl halides is 3. The van der Waals surface area contributed by atoms with Crippen molar-refractivity contribution in [1.82, 2.24) is 15.8 Å². The number of anilines is 1. The van der Waals surface area contributed by atoms with Crippen molar-refractivity contribution in [2.24, 2.45) is 5.73 Å². The first-order chi connectivity index (χ1) is 20.3. The van der Waals surface area contributed by atoms with Crippen LogP contribution in [0, 0.1) is 11.2 Å². The number of hydrazine groups is 1. The van der Waals surface area contributed by atoms with E-state index in [1.807, 2.05) is 6.92 Å². The number of nitrogens with two attached hydrogens (primary N) is 1. The monoisotopic (exact) mass is 608 g/mol. The number of aliphatic carboxylic acids is 1. The first-order valence-corrected chi connectivity index (χ1v) is 12.3. The molecule has 2 amide bonds. The van der Waals surface area contributed by atoms with E-state index < -0.39 is 35.8 Å². The summed E-state index contributed by atoms with van der Waals surface area (Å²) in [6.07, 6.45) is -1.58. The van der Waals surface area contributed by atoms with Crippen LogP contribution in [0.15, 0.2) is 60.9 Å². The quantitative estimate of drug-likeness (QED) is 0.0866. The number of nitrogen functional groups attached to an aromatic ring is 1. The van der Waals surface area contributed by atoms with Gasteiger partial charge in [-0.1, -0.05) is 6.92 Å². The van der Waals surface area contributed by atoms with E-state index in [2.05, 4.69) is 21.2 Å². The Morgan fingerprint density at radius 3 is 2.26 bits per heavy atom. The van der Waals surface area contributed by atoms with Crippen LogP contribution < -0.4 is 31.4 Å². The molecule has 16 heteroatoms. The Bertz CT molecular complexity index is 1420. The number of benzene rings is 2. The first kappa shape index (κ1) is 33.8. The predicted molar refractivity (Wildman–Crippen MR) is 146 cm³/mol. The van der Waals surface area contributed by atoms with Gasteiger partial charge in [0.25, 0.3) is 11.8 Å². The number of hydrogen-bond donors (Lipinski definition) is 6. The maximum Gasteiger partial charge on any atom is 0.490 e. The van der Waals surface area contributed by atoms with Gasteiger partial charge in [0.2, 0.25) is 0 Å². The molecule has 0 fully saturated rings. The van der Waals surface area contributed by atoms with Crippen LogP contribution in [0.2, 0.25) is 0 Å². The highest BCUT2D eigenvalue weighted by Crippen LogP contribution is 2.33. The highest BCUT2D eigenvalue weighted by molar-refractivity contribution is 5.96. The third-order valence-corrected chi connectivity index (χ3v) is 5.28. The van der Waals surface area contributed by atoms with Gasteiger partial charge >= 0.3 is 12.1 Å². The van der Waals surface area contributed by atoms with Gasteiger partial charge in [-0.05, 0) is 48.9 Å². The number of pyridine rings is 1. The van der Waals surface area contributed by atoms with E-state index in [1.165, 1.54) is 37.7 Å². The van der Waals surface area contributed by atoms with Gasteiger partial charge in [-0.2, -0.15) is 13.2 Å². The number of halogens is 4. The molecule has 0 saturated heterocycles. The zero-order valence-corrected chi connectivity index (χ0v) is 22.8.